The highest BCUT2D eigenvalue weighted by atomic mass is 32.2. The Morgan fingerprint density at radius 1 is 1.12 bits per heavy atom. The minimum absolute atomic E-state index is 0.112. The van der Waals surface area contributed by atoms with Gasteiger partial charge in [-0.3, -0.25) is 4.79 Å². The van der Waals surface area contributed by atoms with E-state index in [1.165, 1.54) is 35.1 Å². The molecule has 144 valence electrons. The maximum atomic E-state index is 12.8. The number of hydrogen-bond donors (Lipinski definition) is 0. The number of rotatable bonds is 6. The van der Waals surface area contributed by atoms with Gasteiger partial charge >= 0.3 is 0 Å². The van der Waals surface area contributed by atoms with Crippen molar-refractivity contribution in [1.82, 2.24) is 0 Å². The lowest BCUT2D eigenvalue weighted by atomic mass is 9.79. The Kier molecular flexibility index (Phi) is 5.91. The van der Waals surface area contributed by atoms with Crippen LogP contribution >= 0.6 is 0 Å². The topological polar surface area (TPSA) is 51.2 Å². The van der Waals surface area contributed by atoms with Gasteiger partial charge in [0, 0.05) is 12.3 Å². The van der Waals surface area contributed by atoms with Gasteiger partial charge in [0.15, 0.2) is 9.84 Å². The zero-order valence-corrected chi connectivity index (χ0v) is 17.2. The van der Waals surface area contributed by atoms with Crippen molar-refractivity contribution in [3.63, 3.8) is 0 Å². The van der Waals surface area contributed by atoms with Gasteiger partial charge in [0.25, 0.3) is 0 Å². The van der Waals surface area contributed by atoms with Crippen LogP contribution in [0.1, 0.15) is 68.2 Å². The summed E-state index contributed by atoms with van der Waals surface area (Å²) in [6.45, 7) is 5.67. The Balaban J connectivity index is 1.56. The first-order chi connectivity index (χ1) is 12.3. The standard InChI is InChI=1S/C22H32O3S/c1-15(2)26(24,25)14-17-7-9-19(10-8-17)22(23)13-20-12-11-18-5-4-6-21(18)16(20)3/h11-12,15,17,19H,4-10,13-14H2,1-3H3. The third-order valence-corrected chi connectivity index (χ3v) is 8.91. The normalized spacial score (nSPS) is 23.2. The lowest BCUT2D eigenvalue weighted by Gasteiger charge is -2.28. The number of Topliss-reactive ketones (excluding diaryl/α,β-unsaturated/α-hetero) is 1. The summed E-state index contributed by atoms with van der Waals surface area (Å²) in [6, 6.07) is 4.36. The number of hydrogen-bond acceptors (Lipinski definition) is 3. The van der Waals surface area contributed by atoms with E-state index in [0.29, 0.717) is 12.2 Å². The summed E-state index contributed by atoms with van der Waals surface area (Å²) in [4.78, 5) is 12.8. The van der Waals surface area contributed by atoms with Crippen LogP contribution < -0.4 is 0 Å². The third kappa shape index (κ3) is 4.21. The summed E-state index contributed by atoms with van der Waals surface area (Å²) < 4.78 is 24.2. The molecular formula is C22H32O3S. The van der Waals surface area contributed by atoms with Crippen molar-refractivity contribution in [2.45, 2.75) is 77.4 Å². The quantitative estimate of drug-likeness (QED) is 0.747. The monoisotopic (exact) mass is 376 g/mol. The van der Waals surface area contributed by atoms with Crippen LogP contribution in [0.25, 0.3) is 0 Å². The average molecular weight is 377 g/mol. The molecule has 4 heteroatoms. The van der Waals surface area contributed by atoms with Crippen molar-refractivity contribution in [2.75, 3.05) is 5.75 Å². The second-order valence-electron chi connectivity index (χ2n) is 8.58. The van der Waals surface area contributed by atoms with E-state index in [1.54, 1.807) is 13.8 Å². The first-order valence-electron chi connectivity index (χ1n) is 10.1. The SMILES string of the molecule is Cc1c(CC(=O)C2CCC(CS(=O)(=O)C(C)C)CC2)ccc2c1CCC2. The fourth-order valence-corrected chi connectivity index (χ4v) is 5.97. The number of sulfone groups is 1. The van der Waals surface area contributed by atoms with Gasteiger partial charge in [-0.2, -0.15) is 0 Å². The van der Waals surface area contributed by atoms with E-state index in [0.717, 1.165) is 32.1 Å². The van der Waals surface area contributed by atoms with Crippen LogP contribution in [0.4, 0.5) is 0 Å². The summed E-state index contributed by atoms with van der Waals surface area (Å²) in [5.41, 5.74) is 5.45. The molecule has 0 aliphatic heterocycles. The number of ketones is 1. The predicted octanol–water partition coefficient (Wildman–Crippen LogP) is 4.22. The van der Waals surface area contributed by atoms with Gasteiger partial charge in [-0.1, -0.05) is 12.1 Å². The van der Waals surface area contributed by atoms with Crippen LogP contribution in [0.3, 0.4) is 0 Å². The summed E-state index contributed by atoms with van der Waals surface area (Å²) in [5.74, 6) is 0.972. The molecule has 1 saturated carbocycles. The second-order valence-corrected chi connectivity index (χ2v) is 11.2. The van der Waals surface area contributed by atoms with Crippen molar-refractivity contribution < 1.29 is 13.2 Å². The molecule has 0 N–H and O–H groups in total. The lowest BCUT2D eigenvalue weighted by molar-refractivity contribution is -0.123. The molecule has 0 saturated heterocycles. The first kappa shape index (κ1) is 19.6. The summed E-state index contributed by atoms with van der Waals surface area (Å²) >= 11 is 0. The first-order valence-corrected chi connectivity index (χ1v) is 11.8. The molecule has 3 rings (SSSR count). The molecular weight excluding hydrogens is 344 g/mol. The zero-order valence-electron chi connectivity index (χ0n) is 16.4. The average Bonchev–Trinajstić information content (AvgIpc) is 3.07. The van der Waals surface area contributed by atoms with E-state index >= 15 is 0 Å². The highest BCUT2D eigenvalue weighted by Crippen LogP contribution is 2.33. The molecule has 1 aromatic rings. The summed E-state index contributed by atoms with van der Waals surface area (Å²) in [6.07, 6.45) is 7.53. The fraction of sp³-hybridized carbons (Fsp3) is 0.682. The van der Waals surface area contributed by atoms with Crippen LogP contribution in [-0.4, -0.2) is 25.2 Å². The number of carbonyl (C=O) groups is 1. The number of fused-ring (bicyclic) bond motifs is 1. The highest BCUT2D eigenvalue weighted by Gasteiger charge is 2.30. The van der Waals surface area contributed by atoms with Crippen molar-refractivity contribution >= 4 is 15.6 Å². The molecule has 0 bridgehead atoms. The molecule has 0 aromatic heterocycles. The molecule has 1 fully saturated rings. The Hall–Kier alpha value is -1.16. The Labute approximate surface area is 158 Å². The molecule has 0 atom stereocenters. The van der Waals surface area contributed by atoms with Crippen molar-refractivity contribution in [1.29, 1.82) is 0 Å². The van der Waals surface area contributed by atoms with E-state index in [2.05, 4.69) is 19.1 Å². The molecule has 26 heavy (non-hydrogen) atoms. The van der Waals surface area contributed by atoms with Crippen molar-refractivity contribution in [2.24, 2.45) is 11.8 Å². The predicted molar refractivity (Wildman–Crippen MR) is 106 cm³/mol. The van der Waals surface area contributed by atoms with Crippen molar-refractivity contribution in [3.05, 3.63) is 34.4 Å². The van der Waals surface area contributed by atoms with E-state index in [-0.39, 0.29) is 22.8 Å². The van der Waals surface area contributed by atoms with Crippen LogP contribution in [0.2, 0.25) is 0 Å². The van der Waals surface area contributed by atoms with Crippen LogP contribution in [0, 0.1) is 18.8 Å². The van der Waals surface area contributed by atoms with Gasteiger partial charge in [-0.25, -0.2) is 8.42 Å². The smallest absolute Gasteiger partial charge is 0.152 e. The van der Waals surface area contributed by atoms with Gasteiger partial charge in [-0.05, 0) is 93.9 Å². The van der Waals surface area contributed by atoms with Gasteiger partial charge in [0.1, 0.15) is 5.78 Å². The van der Waals surface area contributed by atoms with E-state index in [4.69, 9.17) is 0 Å². The Bertz CT molecular complexity index is 769. The lowest BCUT2D eigenvalue weighted by Crippen LogP contribution is -2.29. The highest BCUT2D eigenvalue weighted by molar-refractivity contribution is 7.91. The minimum Gasteiger partial charge on any atom is -0.299 e. The van der Waals surface area contributed by atoms with Gasteiger partial charge in [0.05, 0.1) is 11.0 Å². The van der Waals surface area contributed by atoms with Gasteiger partial charge in [0.2, 0.25) is 0 Å². The number of benzene rings is 1. The molecule has 0 unspecified atom stereocenters. The minimum atomic E-state index is -2.98. The molecule has 0 spiro atoms. The fourth-order valence-electron chi connectivity index (χ4n) is 4.59. The van der Waals surface area contributed by atoms with Crippen LogP contribution in [-0.2, 0) is 33.9 Å². The van der Waals surface area contributed by atoms with E-state index in [1.807, 2.05) is 0 Å². The number of carbonyl (C=O) groups excluding carboxylic acids is 1. The second kappa shape index (κ2) is 7.84. The van der Waals surface area contributed by atoms with Crippen LogP contribution in [0.15, 0.2) is 12.1 Å². The largest absolute Gasteiger partial charge is 0.299 e. The van der Waals surface area contributed by atoms with Crippen molar-refractivity contribution in [3.8, 4) is 0 Å². The molecule has 1 aromatic carbocycles. The maximum absolute atomic E-state index is 12.8. The molecule has 0 amide bonds. The maximum Gasteiger partial charge on any atom is 0.152 e. The molecule has 3 nitrogen and oxygen atoms in total. The van der Waals surface area contributed by atoms with E-state index in [9.17, 15) is 13.2 Å². The number of aryl methyl sites for hydroxylation is 1. The Morgan fingerprint density at radius 2 is 1.81 bits per heavy atom. The van der Waals surface area contributed by atoms with Gasteiger partial charge < -0.3 is 0 Å². The Morgan fingerprint density at radius 3 is 2.46 bits per heavy atom. The molecule has 0 radical (unpaired) electrons. The van der Waals surface area contributed by atoms with Gasteiger partial charge in [-0.15, -0.1) is 0 Å². The van der Waals surface area contributed by atoms with E-state index < -0.39 is 9.84 Å². The molecule has 2 aliphatic rings. The zero-order chi connectivity index (χ0) is 18.9. The summed E-state index contributed by atoms with van der Waals surface area (Å²) in [5, 5.41) is -0.301. The van der Waals surface area contributed by atoms with Crippen LogP contribution in [0.5, 0.6) is 0 Å². The molecule has 2 aliphatic carbocycles. The third-order valence-electron chi connectivity index (χ3n) is 6.53. The molecule has 0 heterocycles. The summed E-state index contributed by atoms with van der Waals surface area (Å²) in [7, 11) is -2.98.